The normalized spacial score (nSPS) is 20.6. The van der Waals surface area contributed by atoms with Gasteiger partial charge in [0.15, 0.2) is 0 Å². The quantitative estimate of drug-likeness (QED) is 0.759. The molecule has 0 bridgehead atoms. The fourth-order valence-electron chi connectivity index (χ4n) is 2.43. The molecule has 1 aliphatic heterocycles. The Hall–Kier alpha value is -1.55. The van der Waals surface area contributed by atoms with Crippen LogP contribution in [0, 0.1) is 0 Å². The minimum absolute atomic E-state index is 0.102. The second-order valence-electron chi connectivity index (χ2n) is 4.48. The first-order valence-corrected chi connectivity index (χ1v) is 6.50. The van der Waals surface area contributed by atoms with Crippen LogP contribution in [0.4, 0.5) is 4.79 Å². The smallest absolute Gasteiger partial charge is 0.320 e. The summed E-state index contributed by atoms with van der Waals surface area (Å²) < 4.78 is 1.29. The predicted octanol–water partition coefficient (Wildman–Crippen LogP) is 2.94. The number of carbonyl (C=O) groups is 1. The highest BCUT2D eigenvalue weighted by molar-refractivity contribution is 7.17. The molecule has 2 aromatic rings. The number of nitrogens with zero attached hydrogens (tertiary/aromatic N) is 2. The maximum Gasteiger partial charge on any atom is 0.320 e. The van der Waals surface area contributed by atoms with Crippen molar-refractivity contribution < 1.29 is 4.79 Å². The van der Waals surface area contributed by atoms with Gasteiger partial charge >= 0.3 is 6.03 Å². The zero-order valence-corrected chi connectivity index (χ0v) is 10.7. The molecule has 3 nitrogen and oxygen atoms in total. The molecule has 0 aliphatic carbocycles. The first-order chi connectivity index (χ1) is 8.18. The van der Waals surface area contributed by atoms with Crippen molar-refractivity contribution in [3.63, 3.8) is 0 Å². The van der Waals surface area contributed by atoms with Crippen molar-refractivity contribution in [2.24, 2.45) is 0 Å². The van der Waals surface area contributed by atoms with Gasteiger partial charge in [0.2, 0.25) is 0 Å². The maximum atomic E-state index is 11.8. The van der Waals surface area contributed by atoms with Crippen molar-refractivity contribution in [3.05, 3.63) is 35.2 Å². The second kappa shape index (κ2) is 3.74. The van der Waals surface area contributed by atoms with Crippen molar-refractivity contribution in [1.82, 2.24) is 9.80 Å². The summed E-state index contributed by atoms with van der Waals surface area (Å²) in [5.41, 5.74) is 1.27. The van der Waals surface area contributed by atoms with Crippen LogP contribution in [0.5, 0.6) is 0 Å². The number of urea groups is 1. The molecule has 0 N–H and O–H groups in total. The predicted molar refractivity (Wildman–Crippen MR) is 70.4 cm³/mol. The molecule has 0 saturated carbocycles. The van der Waals surface area contributed by atoms with Crippen LogP contribution in [-0.4, -0.2) is 36.5 Å². The van der Waals surface area contributed by atoms with Crippen LogP contribution in [0.2, 0.25) is 0 Å². The molecule has 88 valence electrons. The minimum Gasteiger partial charge on any atom is -0.325 e. The average molecular weight is 246 g/mol. The Morgan fingerprint density at radius 1 is 1.29 bits per heavy atom. The Bertz CT molecular complexity index is 578. The molecule has 1 fully saturated rings. The van der Waals surface area contributed by atoms with Gasteiger partial charge in [0.05, 0.1) is 6.04 Å². The molecule has 1 unspecified atom stereocenters. The molecule has 3 rings (SSSR count). The molecule has 2 heterocycles. The first-order valence-electron chi connectivity index (χ1n) is 5.62. The van der Waals surface area contributed by atoms with E-state index in [0.717, 1.165) is 6.54 Å². The van der Waals surface area contributed by atoms with Crippen molar-refractivity contribution in [3.8, 4) is 0 Å². The summed E-state index contributed by atoms with van der Waals surface area (Å²) in [6, 6.07) is 8.66. The van der Waals surface area contributed by atoms with E-state index >= 15 is 0 Å². The summed E-state index contributed by atoms with van der Waals surface area (Å²) in [5, 5.41) is 3.45. The van der Waals surface area contributed by atoms with Crippen molar-refractivity contribution in [1.29, 1.82) is 0 Å². The van der Waals surface area contributed by atoms with Gasteiger partial charge in [0.25, 0.3) is 0 Å². The molecular weight excluding hydrogens is 232 g/mol. The van der Waals surface area contributed by atoms with Crippen LogP contribution in [0.3, 0.4) is 0 Å². The molecule has 17 heavy (non-hydrogen) atoms. The summed E-state index contributed by atoms with van der Waals surface area (Å²) >= 11 is 1.75. The highest BCUT2D eigenvalue weighted by atomic mass is 32.1. The standard InChI is InChI=1S/C13H14N2OS/c1-14-7-11(15(2)13(14)16)10-8-17-12-6-4-3-5-9(10)12/h3-6,8,11H,7H2,1-2H3. The third-order valence-corrected chi connectivity index (χ3v) is 4.39. The van der Waals surface area contributed by atoms with E-state index in [1.165, 1.54) is 15.6 Å². The fourth-order valence-corrected chi connectivity index (χ4v) is 3.43. The van der Waals surface area contributed by atoms with Crippen LogP contribution in [0.15, 0.2) is 29.6 Å². The number of amides is 2. The Kier molecular flexibility index (Phi) is 2.33. The number of thiophene rings is 1. The van der Waals surface area contributed by atoms with Crippen LogP contribution < -0.4 is 0 Å². The summed E-state index contributed by atoms with van der Waals surface area (Å²) in [7, 11) is 3.73. The van der Waals surface area contributed by atoms with Crippen LogP contribution in [0.1, 0.15) is 11.6 Å². The topological polar surface area (TPSA) is 23.6 Å². The first kappa shape index (κ1) is 10.6. The molecule has 1 saturated heterocycles. The van der Waals surface area contributed by atoms with Gasteiger partial charge < -0.3 is 9.80 Å². The lowest BCUT2D eigenvalue weighted by molar-refractivity contribution is 0.201. The van der Waals surface area contributed by atoms with Gasteiger partial charge in [-0.05, 0) is 22.4 Å². The number of fused-ring (bicyclic) bond motifs is 1. The Morgan fingerprint density at radius 3 is 2.76 bits per heavy atom. The molecule has 0 spiro atoms. The molecule has 2 amide bonds. The minimum atomic E-state index is 0.102. The molecule has 1 atom stereocenters. The molecule has 1 aromatic carbocycles. The van der Waals surface area contributed by atoms with Crippen LogP contribution in [-0.2, 0) is 0 Å². The molecule has 1 aromatic heterocycles. The number of benzene rings is 1. The number of carbonyl (C=O) groups excluding carboxylic acids is 1. The number of rotatable bonds is 1. The number of hydrogen-bond acceptors (Lipinski definition) is 2. The summed E-state index contributed by atoms with van der Waals surface area (Å²) in [6.07, 6.45) is 0. The highest BCUT2D eigenvalue weighted by Crippen LogP contribution is 2.35. The van der Waals surface area contributed by atoms with Gasteiger partial charge in [0.1, 0.15) is 0 Å². The van der Waals surface area contributed by atoms with E-state index in [1.54, 1.807) is 16.2 Å². The van der Waals surface area contributed by atoms with E-state index in [9.17, 15) is 4.79 Å². The molecule has 1 aliphatic rings. The van der Waals surface area contributed by atoms with Gasteiger partial charge in [-0.1, -0.05) is 18.2 Å². The Labute approximate surface area is 104 Å². The van der Waals surface area contributed by atoms with E-state index in [0.29, 0.717) is 0 Å². The summed E-state index contributed by atoms with van der Waals surface area (Å²) in [5.74, 6) is 0. The van der Waals surface area contributed by atoms with Gasteiger partial charge in [-0.3, -0.25) is 0 Å². The SMILES string of the molecule is CN1CC(c2csc3ccccc23)N(C)C1=O. The fraction of sp³-hybridized carbons (Fsp3) is 0.308. The van der Waals surface area contributed by atoms with E-state index in [4.69, 9.17) is 0 Å². The lowest BCUT2D eigenvalue weighted by Gasteiger charge is -2.17. The second-order valence-corrected chi connectivity index (χ2v) is 5.39. The number of hydrogen-bond donors (Lipinski definition) is 0. The monoisotopic (exact) mass is 246 g/mol. The largest absolute Gasteiger partial charge is 0.325 e. The molecule has 4 heteroatoms. The van der Waals surface area contributed by atoms with Gasteiger partial charge in [-0.2, -0.15) is 0 Å². The number of likely N-dealkylation sites (N-methyl/N-ethyl adjacent to an activating group) is 2. The summed E-state index contributed by atoms with van der Waals surface area (Å²) in [6.45, 7) is 0.774. The highest BCUT2D eigenvalue weighted by Gasteiger charge is 2.34. The van der Waals surface area contributed by atoms with Crippen LogP contribution in [0.25, 0.3) is 10.1 Å². The van der Waals surface area contributed by atoms with E-state index in [1.807, 2.05) is 19.0 Å². The third kappa shape index (κ3) is 1.52. The van der Waals surface area contributed by atoms with Gasteiger partial charge in [-0.25, -0.2) is 4.79 Å². The molecular formula is C13H14N2OS. The van der Waals surface area contributed by atoms with E-state index in [2.05, 4.69) is 29.6 Å². The van der Waals surface area contributed by atoms with E-state index < -0.39 is 0 Å². The maximum absolute atomic E-state index is 11.8. The summed E-state index contributed by atoms with van der Waals surface area (Å²) in [4.78, 5) is 15.4. The van der Waals surface area contributed by atoms with Crippen molar-refractivity contribution in [2.75, 3.05) is 20.6 Å². The van der Waals surface area contributed by atoms with Crippen LogP contribution >= 0.6 is 11.3 Å². The van der Waals surface area contributed by atoms with Gasteiger partial charge in [-0.15, -0.1) is 11.3 Å². The lowest BCUT2D eigenvalue weighted by Crippen LogP contribution is -2.26. The van der Waals surface area contributed by atoms with E-state index in [-0.39, 0.29) is 12.1 Å². The zero-order valence-electron chi connectivity index (χ0n) is 9.88. The third-order valence-electron chi connectivity index (χ3n) is 3.41. The van der Waals surface area contributed by atoms with Crippen molar-refractivity contribution >= 4 is 27.5 Å². The van der Waals surface area contributed by atoms with Gasteiger partial charge in [0, 0.05) is 25.3 Å². The van der Waals surface area contributed by atoms with Crippen molar-refractivity contribution in [2.45, 2.75) is 6.04 Å². The Morgan fingerprint density at radius 2 is 2.06 bits per heavy atom. The lowest BCUT2D eigenvalue weighted by atomic mass is 10.1. The molecule has 0 radical (unpaired) electrons. The Balaban J connectivity index is 2.08. The zero-order chi connectivity index (χ0) is 12.0. The average Bonchev–Trinajstić information content (AvgIpc) is 2.86.